The zero-order valence-corrected chi connectivity index (χ0v) is 18.2. The number of aliphatic carboxylic acids is 1. The number of amides is 3. The van der Waals surface area contributed by atoms with E-state index in [1.165, 1.54) is 13.8 Å². The van der Waals surface area contributed by atoms with Crippen LogP contribution in [0.2, 0.25) is 0 Å². The summed E-state index contributed by atoms with van der Waals surface area (Å²) in [4.78, 5) is 51.8. The zero-order chi connectivity index (χ0) is 24.7. The van der Waals surface area contributed by atoms with Gasteiger partial charge in [0.2, 0.25) is 17.7 Å². The Morgan fingerprint density at radius 3 is 2.30 bits per heavy atom. The molecule has 0 saturated heterocycles. The van der Waals surface area contributed by atoms with Crippen molar-refractivity contribution in [3.8, 4) is 0 Å². The summed E-state index contributed by atoms with van der Waals surface area (Å²) in [5.74, 6) is -3.74. The van der Waals surface area contributed by atoms with Crippen molar-refractivity contribution in [1.82, 2.24) is 20.9 Å². The van der Waals surface area contributed by atoms with E-state index >= 15 is 0 Å². The number of hydrogen-bond acceptors (Lipinski definition) is 7. The third kappa shape index (κ3) is 6.75. The number of aromatic amines is 1. The molecule has 0 saturated carbocycles. The first-order valence-corrected chi connectivity index (χ1v) is 10.3. The topological polar surface area (TPSA) is 207 Å². The first-order chi connectivity index (χ1) is 15.5. The lowest BCUT2D eigenvalue weighted by atomic mass is 10.0. The van der Waals surface area contributed by atoms with E-state index in [4.69, 9.17) is 15.9 Å². The average Bonchev–Trinajstić information content (AvgIpc) is 3.18. The number of carbonyl (C=O) groups excluding carboxylic acids is 3. The molecule has 0 aliphatic rings. The third-order valence-corrected chi connectivity index (χ3v) is 5.06. The predicted molar refractivity (Wildman–Crippen MR) is 118 cm³/mol. The fourth-order valence-corrected chi connectivity index (χ4v) is 3.14. The van der Waals surface area contributed by atoms with Crippen LogP contribution in [-0.4, -0.2) is 80.9 Å². The normalized spacial score (nSPS) is 15.7. The van der Waals surface area contributed by atoms with Gasteiger partial charge in [0.25, 0.3) is 0 Å². The lowest BCUT2D eigenvalue weighted by Gasteiger charge is -2.24. The van der Waals surface area contributed by atoms with Crippen molar-refractivity contribution in [2.45, 2.75) is 50.5 Å². The predicted octanol–water partition coefficient (Wildman–Crippen LogP) is -2.03. The molecule has 0 aliphatic carbocycles. The lowest BCUT2D eigenvalue weighted by molar-refractivity contribution is -0.145. The molecule has 9 N–H and O–H groups in total. The highest BCUT2D eigenvalue weighted by molar-refractivity contribution is 5.94. The van der Waals surface area contributed by atoms with Crippen LogP contribution >= 0.6 is 0 Å². The summed E-state index contributed by atoms with van der Waals surface area (Å²) in [5, 5.41) is 35.7. The van der Waals surface area contributed by atoms with Crippen LogP contribution in [0.5, 0.6) is 0 Å². The first kappa shape index (κ1) is 25.8. The standard InChI is InChI=1S/C21H29N5O7/c1-10(18(29)26-17(11(2)28)21(32)33)24-20(31)16(25-19(30)14(22)9-27)7-12-8-23-15-6-4-3-5-13(12)15/h3-6,8,10-11,14,16-17,23,27-28H,7,9,22H2,1-2H3,(H,24,31)(H,25,30)(H,26,29)(H,32,33). The molecule has 33 heavy (non-hydrogen) atoms. The second kappa shape index (κ2) is 11.4. The van der Waals surface area contributed by atoms with Gasteiger partial charge < -0.3 is 42.0 Å². The molecule has 2 rings (SSSR count). The smallest absolute Gasteiger partial charge is 0.328 e. The Hall–Kier alpha value is -3.48. The van der Waals surface area contributed by atoms with Gasteiger partial charge in [0.1, 0.15) is 18.1 Å². The number of para-hydroxylation sites is 1. The van der Waals surface area contributed by atoms with Gasteiger partial charge in [0.15, 0.2) is 6.04 Å². The number of nitrogens with two attached hydrogens (primary N) is 1. The number of aromatic nitrogens is 1. The monoisotopic (exact) mass is 463 g/mol. The molecular formula is C21H29N5O7. The van der Waals surface area contributed by atoms with Crippen molar-refractivity contribution in [3.63, 3.8) is 0 Å². The SMILES string of the molecule is CC(NC(=O)C(Cc1c[nH]c2ccccc12)NC(=O)C(N)CO)C(=O)NC(C(=O)O)C(C)O. The largest absolute Gasteiger partial charge is 0.480 e. The Labute approximate surface area is 189 Å². The maximum Gasteiger partial charge on any atom is 0.328 e. The molecule has 0 radical (unpaired) electrons. The summed E-state index contributed by atoms with van der Waals surface area (Å²) < 4.78 is 0. The molecule has 0 bridgehead atoms. The molecule has 3 amide bonds. The lowest BCUT2D eigenvalue weighted by Crippen LogP contribution is -2.58. The van der Waals surface area contributed by atoms with Crippen LogP contribution in [0.25, 0.3) is 10.9 Å². The first-order valence-electron chi connectivity index (χ1n) is 10.3. The molecule has 1 aromatic heterocycles. The Kier molecular flexibility index (Phi) is 8.91. The number of benzene rings is 1. The van der Waals surface area contributed by atoms with Crippen molar-refractivity contribution < 1.29 is 34.5 Å². The number of rotatable bonds is 11. The van der Waals surface area contributed by atoms with Crippen LogP contribution in [-0.2, 0) is 25.6 Å². The molecule has 12 heteroatoms. The minimum absolute atomic E-state index is 0.0551. The van der Waals surface area contributed by atoms with Crippen molar-refractivity contribution in [1.29, 1.82) is 0 Å². The Bertz CT molecular complexity index is 1010. The molecule has 1 aromatic carbocycles. The molecule has 1 heterocycles. The van der Waals surface area contributed by atoms with Crippen molar-refractivity contribution >= 4 is 34.6 Å². The second-order valence-electron chi connectivity index (χ2n) is 7.71. The maximum atomic E-state index is 12.9. The van der Waals surface area contributed by atoms with Gasteiger partial charge in [-0.05, 0) is 25.5 Å². The minimum Gasteiger partial charge on any atom is -0.480 e. The van der Waals surface area contributed by atoms with Crippen molar-refractivity contribution in [2.24, 2.45) is 5.73 Å². The molecule has 2 aromatic rings. The Morgan fingerprint density at radius 2 is 1.70 bits per heavy atom. The number of aliphatic hydroxyl groups excluding tert-OH is 2. The Balaban J connectivity index is 2.17. The highest BCUT2D eigenvalue weighted by atomic mass is 16.4. The minimum atomic E-state index is -1.55. The summed E-state index contributed by atoms with van der Waals surface area (Å²) in [7, 11) is 0. The number of aliphatic hydroxyl groups is 2. The van der Waals surface area contributed by atoms with Crippen LogP contribution in [0.15, 0.2) is 30.5 Å². The highest BCUT2D eigenvalue weighted by Gasteiger charge is 2.30. The molecule has 0 fully saturated rings. The van der Waals surface area contributed by atoms with E-state index in [-0.39, 0.29) is 6.42 Å². The van der Waals surface area contributed by atoms with Crippen LogP contribution in [0.4, 0.5) is 0 Å². The summed E-state index contributed by atoms with van der Waals surface area (Å²) in [6.45, 7) is 1.92. The fraction of sp³-hybridized carbons (Fsp3) is 0.429. The average molecular weight is 463 g/mol. The molecule has 5 unspecified atom stereocenters. The van der Waals surface area contributed by atoms with E-state index in [0.29, 0.717) is 0 Å². The van der Waals surface area contributed by atoms with Crippen molar-refractivity contribution in [3.05, 3.63) is 36.0 Å². The maximum absolute atomic E-state index is 12.9. The molecule has 5 atom stereocenters. The molecular weight excluding hydrogens is 434 g/mol. The summed E-state index contributed by atoms with van der Waals surface area (Å²) in [6, 6.07) is 2.24. The van der Waals surface area contributed by atoms with E-state index in [0.717, 1.165) is 16.5 Å². The number of carbonyl (C=O) groups is 4. The van der Waals surface area contributed by atoms with E-state index in [1.807, 2.05) is 24.3 Å². The summed E-state index contributed by atoms with van der Waals surface area (Å²) in [5.41, 5.74) is 7.10. The third-order valence-electron chi connectivity index (χ3n) is 5.06. The molecule has 12 nitrogen and oxygen atoms in total. The van der Waals surface area contributed by atoms with Gasteiger partial charge in [-0.2, -0.15) is 0 Å². The molecule has 0 spiro atoms. The van der Waals surface area contributed by atoms with Gasteiger partial charge in [0.05, 0.1) is 12.7 Å². The van der Waals surface area contributed by atoms with Gasteiger partial charge in [0, 0.05) is 23.5 Å². The number of hydrogen-bond donors (Lipinski definition) is 8. The number of nitrogens with one attached hydrogen (secondary N) is 4. The van der Waals surface area contributed by atoms with Crippen molar-refractivity contribution in [2.75, 3.05) is 6.61 Å². The number of fused-ring (bicyclic) bond motifs is 1. The van der Waals surface area contributed by atoms with Crippen LogP contribution in [0.1, 0.15) is 19.4 Å². The van der Waals surface area contributed by atoms with E-state index in [2.05, 4.69) is 20.9 Å². The van der Waals surface area contributed by atoms with Crippen LogP contribution in [0, 0.1) is 0 Å². The molecule has 0 aliphatic heterocycles. The van der Waals surface area contributed by atoms with Gasteiger partial charge >= 0.3 is 5.97 Å². The fourth-order valence-electron chi connectivity index (χ4n) is 3.14. The van der Waals surface area contributed by atoms with Gasteiger partial charge in [-0.15, -0.1) is 0 Å². The van der Waals surface area contributed by atoms with Gasteiger partial charge in [-0.25, -0.2) is 4.79 Å². The van der Waals surface area contributed by atoms with Gasteiger partial charge in [-0.3, -0.25) is 14.4 Å². The summed E-state index contributed by atoms with van der Waals surface area (Å²) >= 11 is 0. The molecule has 180 valence electrons. The zero-order valence-electron chi connectivity index (χ0n) is 18.2. The Morgan fingerprint density at radius 1 is 1.03 bits per heavy atom. The number of carboxylic acid groups (broad SMARTS) is 1. The second-order valence-corrected chi connectivity index (χ2v) is 7.71. The highest BCUT2D eigenvalue weighted by Crippen LogP contribution is 2.19. The van der Waals surface area contributed by atoms with Crippen LogP contribution in [0.3, 0.4) is 0 Å². The number of carboxylic acids is 1. The van der Waals surface area contributed by atoms with E-state index < -0.39 is 60.6 Å². The van der Waals surface area contributed by atoms with Gasteiger partial charge in [-0.1, -0.05) is 18.2 Å². The summed E-state index contributed by atoms with van der Waals surface area (Å²) in [6.07, 6.45) is 0.391. The van der Waals surface area contributed by atoms with E-state index in [1.54, 1.807) is 6.20 Å². The quantitative estimate of drug-likeness (QED) is 0.186. The van der Waals surface area contributed by atoms with Crippen LogP contribution < -0.4 is 21.7 Å². The van der Waals surface area contributed by atoms with E-state index in [9.17, 15) is 24.3 Å². The number of H-pyrrole nitrogens is 1.